The quantitative estimate of drug-likeness (QED) is 0.705. The largest absolute Gasteiger partial charge is 0.444 e. The lowest BCUT2D eigenvalue weighted by Crippen LogP contribution is -2.82. The number of likely N-dealkylation sites (tertiary alicyclic amines) is 1. The van der Waals surface area contributed by atoms with Gasteiger partial charge in [0.25, 0.3) is 0 Å². The van der Waals surface area contributed by atoms with Crippen LogP contribution in [0.25, 0.3) is 0 Å². The maximum absolute atomic E-state index is 14.4. The number of hydrogen-bond donors (Lipinski definition) is 1. The summed E-state index contributed by atoms with van der Waals surface area (Å²) < 4.78 is 70.8. The average molecular weight is 441 g/mol. The zero-order valence-electron chi connectivity index (χ0n) is 18.3. The smallest absolute Gasteiger partial charge is 0.422 e. The summed E-state index contributed by atoms with van der Waals surface area (Å²) in [6, 6.07) is 0. The molecule has 0 aromatic heterocycles. The lowest BCUT2D eigenvalue weighted by Gasteiger charge is -2.61. The second-order valence-corrected chi connectivity index (χ2v) is 9.38. The van der Waals surface area contributed by atoms with Crippen molar-refractivity contribution < 1.29 is 46.8 Å². The molecule has 1 amide bonds. The van der Waals surface area contributed by atoms with Crippen molar-refractivity contribution >= 4 is 6.09 Å². The molecule has 2 aliphatic heterocycles. The summed E-state index contributed by atoms with van der Waals surface area (Å²) in [6.45, 7) is 7.40. The predicted octanol–water partition coefficient (Wildman–Crippen LogP) is 2.57. The number of piperidine rings is 1. The Morgan fingerprint density at radius 2 is 1.57 bits per heavy atom. The monoisotopic (exact) mass is 441 g/mol. The molecule has 174 valence electrons. The molecule has 2 heterocycles. The topological polar surface area (TPSA) is 86.7 Å². The first kappa shape index (κ1) is 23.5. The zero-order chi connectivity index (χ0) is 23.0. The van der Waals surface area contributed by atoms with E-state index in [0.29, 0.717) is 0 Å². The van der Waals surface area contributed by atoms with Crippen LogP contribution in [0.1, 0.15) is 47.5 Å². The number of carbonyl (C=O) groups excluding carboxylic acids is 1. The van der Waals surface area contributed by atoms with Gasteiger partial charge in [-0.1, -0.05) is 0 Å². The van der Waals surface area contributed by atoms with Crippen molar-refractivity contribution in [1.29, 1.82) is 0 Å². The number of fused-ring (bicyclic) bond motifs is 1. The number of methoxy groups -OCH3 is 2. The van der Waals surface area contributed by atoms with Crippen molar-refractivity contribution in [1.82, 2.24) is 4.90 Å². The minimum absolute atomic E-state index is 0.0555. The minimum atomic E-state index is -5.12. The molecule has 5 atom stereocenters. The molecule has 1 spiro atoms. The van der Waals surface area contributed by atoms with E-state index in [-0.39, 0.29) is 19.4 Å². The Bertz CT molecular complexity index is 707. The van der Waals surface area contributed by atoms with Crippen LogP contribution in [0.4, 0.5) is 18.0 Å². The van der Waals surface area contributed by atoms with Crippen molar-refractivity contribution in [3.8, 4) is 0 Å². The predicted molar refractivity (Wildman–Crippen MR) is 96.5 cm³/mol. The van der Waals surface area contributed by atoms with Gasteiger partial charge < -0.3 is 28.8 Å². The van der Waals surface area contributed by atoms with Crippen molar-refractivity contribution in [2.75, 3.05) is 20.8 Å². The van der Waals surface area contributed by atoms with Gasteiger partial charge in [-0.3, -0.25) is 4.90 Å². The second kappa shape index (κ2) is 6.68. The summed E-state index contributed by atoms with van der Waals surface area (Å²) in [5.74, 6) is -3.34. The summed E-state index contributed by atoms with van der Waals surface area (Å²) in [4.78, 5) is 13.8. The van der Waals surface area contributed by atoms with Crippen LogP contribution in [0.3, 0.4) is 0 Å². The molecule has 1 aliphatic carbocycles. The van der Waals surface area contributed by atoms with Crippen LogP contribution in [0, 0.1) is 0 Å². The van der Waals surface area contributed by atoms with Gasteiger partial charge in [0.05, 0.1) is 12.1 Å². The Hall–Kier alpha value is -1.14. The normalized spacial score (nSPS) is 40.8. The Balaban J connectivity index is 2.09. The Morgan fingerprint density at radius 3 is 1.97 bits per heavy atom. The van der Waals surface area contributed by atoms with Crippen LogP contribution in [-0.2, 0) is 23.7 Å². The number of aliphatic hydroxyl groups is 1. The van der Waals surface area contributed by atoms with Crippen molar-refractivity contribution in [2.24, 2.45) is 0 Å². The number of amides is 1. The van der Waals surface area contributed by atoms with E-state index in [1.54, 1.807) is 20.8 Å². The molecular weight excluding hydrogens is 411 g/mol. The van der Waals surface area contributed by atoms with E-state index >= 15 is 0 Å². The zero-order valence-corrected chi connectivity index (χ0v) is 18.3. The lowest BCUT2D eigenvalue weighted by molar-refractivity contribution is -0.483. The van der Waals surface area contributed by atoms with Crippen molar-refractivity contribution in [3.05, 3.63) is 0 Å². The molecule has 3 fully saturated rings. The lowest BCUT2D eigenvalue weighted by atomic mass is 9.76. The van der Waals surface area contributed by atoms with Crippen LogP contribution in [0.2, 0.25) is 0 Å². The van der Waals surface area contributed by atoms with Gasteiger partial charge in [-0.05, 0) is 47.5 Å². The van der Waals surface area contributed by atoms with Gasteiger partial charge in [0.1, 0.15) is 17.8 Å². The third-order valence-corrected chi connectivity index (χ3v) is 6.44. The molecule has 0 radical (unpaired) electrons. The number of hydrogen-bond acceptors (Lipinski definition) is 7. The van der Waals surface area contributed by atoms with Gasteiger partial charge in [-0.2, -0.15) is 13.2 Å². The van der Waals surface area contributed by atoms with Gasteiger partial charge in [0, 0.05) is 14.2 Å². The summed E-state index contributed by atoms with van der Waals surface area (Å²) in [5, 5.41) is 11.2. The molecular formula is C19H30F3NO7. The molecule has 8 nitrogen and oxygen atoms in total. The maximum atomic E-state index is 14.4. The number of alkyl halides is 3. The number of rotatable bonds is 2. The fraction of sp³-hybridized carbons (Fsp3) is 0.947. The minimum Gasteiger partial charge on any atom is -0.444 e. The maximum Gasteiger partial charge on any atom is 0.422 e. The van der Waals surface area contributed by atoms with Gasteiger partial charge >= 0.3 is 12.3 Å². The third-order valence-electron chi connectivity index (χ3n) is 6.44. The highest BCUT2D eigenvalue weighted by molar-refractivity contribution is 5.71. The Morgan fingerprint density at radius 1 is 1.07 bits per heavy atom. The first-order valence-electron chi connectivity index (χ1n) is 9.76. The van der Waals surface area contributed by atoms with Gasteiger partial charge in [0.15, 0.2) is 0 Å². The van der Waals surface area contributed by atoms with E-state index in [0.717, 1.165) is 4.90 Å². The molecule has 1 unspecified atom stereocenters. The van der Waals surface area contributed by atoms with Crippen molar-refractivity contribution in [3.63, 3.8) is 0 Å². The van der Waals surface area contributed by atoms with E-state index in [1.807, 2.05) is 0 Å². The standard InChI is InChI=1S/C19H30F3NO7/c1-14(2,3)30-13(24)23-10-11-12(18(25,19(20,21)22)17(23)8-9-17)29-16(5,27-7)15(4,26-6)28-11/h11-12,25H,8-10H2,1-7H3/t11-,12+,15+,16+,18?/m1/s1. The fourth-order valence-corrected chi connectivity index (χ4v) is 4.42. The molecule has 3 rings (SSSR count). The molecule has 30 heavy (non-hydrogen) atoms. The first-order chi connectivity index (χ1) is 13.5. The third kappa shape index (κ3) is 3.12. The van der Waals surface area contributed by atoms with Gasteiger partial charge in [-0.25, -0.2) is 4.79 Å². The van der Waals surface area contributed by atoms with Gasteiger partial charge in [-0.15, -0.1) is 0 Å². The molecule has 1 saturated carbocycles. The summed E-state index contributed by atoms with van der Waals surface area (Å²) in [7, 11) is 2.55. The van der Waals surface area contributed by atoms with Gasteiger partial charge in [0.2, 0.25) is 17.2 Å². The highest BCUT2D eigenvalue weighted by Crippen LogP contribution is 2.62. The Kier molecular flexibility index (Phi) is 5.24. The highest BCUT2D eigenvalue weighted by atomic mass is 19.4. The Labute approximate surface area is 173 Å². The molecule has 0 bridgehead atoms. The summed E-state index contributed by atoms with van der Waals surface area (Å²) in [6.07, 6.45) is -9.37. The fourth-order valence-electron chi connectivity index (χ4n) is 4.42. The van der Waals surface area contributed by atoms with E-state index in [9.17, 15) is 23.1 Å². The number of nitrogens with zero attached hydrogens (tertiary/aromatic N) is 1. The average Bonchev–Trinajstić information content (AvgIpc) is 3.39. The van der Waals surface area contributed by atoms with Crippen LogP contribution in [0.15, 0.2) is 0 Å². The van der Waals surface area contributed by atoms with Crippen LogP contribution >= 0.6 is 0 Å². The van der Waals surface area contributed by atoms with Crippen molar-refractivity contribution in [2.45, 2.75) is 94.2 Å². The van der Waals surface area contributed by atoms with E-state index in [2.05, 4.69) is 0 Å². The first-order valence-corrected chi connectivity index (χ1v) is 9.76. The number of carbonyl (C=O) groups is 1. The summed E-state index contributed by atoms with van der Waals surface area (Å²) in [5.41, 5.74) is -6.23. The molecule has 0 aromatic rings. The summed E-state index contributed by atoms with van der Waals surface area (Å²) >= 11 is 0. The van der Waals surface area contributed by atoms with E-state index in [4.69, 9.17) is 23.7 Å². The molecule has 11 heteroatoms. The highest BCUT2D eigenvalue weighted by Gasteiger charge is 2.83. The molecule has 2 saturated heterocycles. The molecule has 3 aliphatic rings. The van der Waals surface area contributed by atoms with E-state index in [1.165, 1.54) is 28.1 Å². The SMILES string of the molecule is CO[C@@]1(C)O[C@@H]2CN(C(=O)OC(C)(C)C)C3(CC3)C(O)(C(F)(F)F)[C@H]2O[C@]1(C)OC. The second-order valence-electron chi connectivity index (χ2n) is 9.38. The molecule has 0 aromatic carbocycles. The number of halogens is 3. The van der Waals surface area contributed by atoms with E-state index < -0.39 is 52.8 Å². The number of ether oxygens (including phenoxy) is 5. The molecule has 1 N–H and O–H groups in total. The van der Waals surface area contributed by atoms with Crippen LogP contribution in [-0.4, -0.2) is 83.6 Å². The van der Waals surface area contributed by atoms with Crippen LogP contribution in [0.5, 0.6) is 0 Å². The van der Waals surface area contributed by atoms with Crippen LogP contribution < -0.4 is 0 Å².